The van der Waals surface area contributed by atoms with Crippen LogP contribution in [-0.4, -0.2) is 19.3 Å². The fourth-order valence-corrected chi connectivity index (χ4v) is 2.29. The van der Waals surface area contributed by atoms with Gasteiger partial charge in [-0.3, -0.25) is 0 Å². The van der Waals surface area contributed by atoms with Crippen LogP contribution >= 0.6 is 0 Å². The van der Waals surface area contributed by atoms with Crippen molar-refractivity contribution >= 4 is 0 Å². The van der Waals surface area contributed by atoms with E-state index in [4.69, 9.17) is 15.2 Å². The van der Waals surface area contributed by atoms with E-state index < -0.39 is 0 Å². The van der Waals surface area contributed by atoms with Gasteiger partial charge in [-0.2, -0.15) is 0 Å². The molecule has 1 aromatic rings. The van der Waals surface area contributed by atoms with E-state index >= 15 is 0 Å². The van der Waals surface area contributed by atoms with Crippen LogP contribution in [0.15, 0.2) is 18.2 Å². The van der Waals surface area contributed by atoms with E-state index in [-0.39, 0.29) is 6.04 Å². The smallest absolute Gasteiger partial charge is 0.122 e. The molecule has 18 heavy (non-hydrogen) atoms. The minimum Gasteiger partial charge on any atom is -0.493 e. The zero-order valence-electron chi connectivity index (χ0n) is 11.3. The van der Waals surface area contributed by atoms with Gasteiger partial charge in [-0.15, -0.1) is 0 Å². The Bertz CT molecular complexity index is 384. The van der Waals surface area contributed by atoms with E-state index in [2.05, 4.69) is 13.0 Å². The summed E-state index contributed by atoms with van der Waals surface area (Å²) in [6.07, 6.45) is 3.74. The first-order chi connectivity index (χ1) is 8.66. The van der Waals surface area contributed by atoms with Crippen LogP contribution in [0.1, 0.15) is 43.4 Å². The predicted molar refractivity (Wildman–Crippen MR) is 72.9 cm³/mol. The largest absolute Gasteiger partial charge is 0.493 e. The topological polar surface area (TPSA) is 44.5 Å². The SMILES string of the molecule is Cc1cc(C(C)N)ccc1OCCC1CCCO1. The molecule has 0 radical (unpaired) electrons. The molecule has 1 fully saturated rings. The van der Waals surface area contributed by atoms with Crippen molar-refractivity contribution < 1.29 is 9.47 Å². The zero-order valence-corrected chi connectivity index (χ0v) is 11.3. The quantitative estimate of drug-likeness (QED) is 0.872. The van der Waals surface area contributed by atoms with Crippen molar-refractivity contribution in [3.8, 4) is 5.75 Å². The Labute approximate surface area is 109 Å². The lowest BCUT2D eigenvalue weighted by Gasteiger charge is -2.14. The van der Waals surface area contributed by atoms with Gasteiger partial charge in [-0.1, -0.05) is 12.1 Å². The van der Waals surface area contributed by atoms with Gasteiger partial charge in [0.1, 0.15) is 5.75 Å². The molecule has 0 aromatic heterocycles. The normalized spacial score (nSPS) is 20.9. The van der Waals surface area contributed by atoms with Gasteiger partial charge in [0, 0.05) is 19.1 Å². The van der Waals surface area contributed by atoms with Crippen LogP contribution < -0.4 is 10.5 Å². The number of rotatable bonds is 5. The van der Waals surface area contributed by atoms with E-state index in [1.807, 2.05) is 19.1 Å². The van der Waals surface area contributed by atoms with E-state index in [1.165, 1.54) is 12.8 Å². The van der Waals surface area contributed by atoms with Crippen molar-refractivity contribution in [3.05, 3.63) is 29.3 Å². The molecule has 0 aliphatic carbocycles. The van der Waals surface area contributed by atoms with Crippen LogP contribution in [-0.2, 0) is 4.74 Å². The maximum absolute atomic E-state index is 5.86. The number of ether oxygens (including phenoxy) is 2. The van der Waals surface area contributed by atoms with Crippen molar-refractivity contribution in [2.45, 2.75) is 45.3 Å². The molecule has 2 rings (SSSR count). The second kappa shape index (κ2) is 6.21. The van der Waals surface area contributed by atoms with Crippen LogP contribution in [0.4, 0.5) is 0 Å². The summed E-state index contributed by atoms with van der Waals surface area (Å²) in [6.45, 7) is 5.69. The average molecular weight is 249 g/mol. The van der Waals surface area contributed by atoms with Gasteiger partial charge in [-0.25, -0.2) is 0 Å². The highest BCUT2D eigenvalue weighted by Crippen LogP contribution is 2.23. The fourth-order valence-electron chi connectivity index (χ4n) is 2.29. The lowest BCUT2D eigenvalue weighted by Crippen LogP contribution is -2.11. The molecule has 1 aromatic carbocycles. The van der Waals surface area contributed by atoms with E-state index in [1.54, 1.807) is 0 Å². The maximum Gasteiger partial charge on any atom is 0.122 e. The first kappa shape index (κ1) is 13.4. The molecule has 0 amide bonds. The highest BCUT2D eigenvalue weighted by Gasteiger charge is 2.15. The third kappa shape index (κ3) is 3.47. The molecular formula is C15H23NO2. The summed E-state index contributed by atoms with van der Waals surface area (Å²) in [5.41, 5.74) is 8.16. The first-order valence-electron chi connectivity index (χ1n) is 6.77. The minimum absolute atomic E-state index is 0.0737. The van der Waals surface area contributed by atoms with E-state index in [9.17, 15) is 0 Å². The summed E-state index contributed by atoms with van der Waals surface area (Å²) in [6, 6.07) is 6.24. The Balaban J connectivity index is 1.85. The van der Waals surface area contributed by atoms with Gasteiger partial charge in [0.25, 0.3) is 0 Å². The lowest BCUT2D eigenvalue weighted by molar-refractivity contribution is 0.0902. The molecule has 2 N–H and O–H groups in total. The number of hydrogen-bond acceptors (Lipinski definition) is 3. The Hall–Kier alpha value is -1.06. The first-order valence-corrected chi connectivity index (χ1v) is 6.77. The van der Waals surface area contributed by atoms with Crippen molar-refractivity contribution in [3.63, 3.8) is 0 Å². The Kier molecular flexibility index (Phi) is 4.61. The molecule has 1 aliphatic rings. The standard InChI is InChI=1S/C15H23NO2/c1-11-10-13(12(2)16)5-6-15(11)18-9-7-14-4-3-8-17-14/h5-6,10,12,14H,3-4,7-9,16H2,1-2H3. The van der Waals surface area contributed by atoms with Gasteiger partial charge in [-0.05, 0) is 43.9 Å². The monoisotopic (exact) mass is 249 g/mol. The number of hydrogen-bond donors (Lipinski definition) is 1. The van der Waals surface area contributed by atoms with Gasteiger partial charge < -0.3 is 15.2 Å². The van der Waals surface area contributed by atoms with Crippen molar-refractivity contribution in [1.29, 1.82) is 0 Å². The van der Waals surface area contributed by atoms with Gasteiger partial charge >= 0.3 is 0 Å². The second-order valence-electron chi connectivity index (χ2n) is 5.09. The fraction of sp³-hybridized carbons (Fsp3) is 0.600. The van der Waals surface area contributed by atoms with Crippen LogP contribution in [0.3, 0.4) is 0 Å². The highest BCUT2D eigenvalue weighted by molar-refractivity contribution is 5.37. The number of nitrogens with two attached hydrogens (primary N) is 1. The Morgan fingerprint density at radius 2 is 2.33 bits per heavy atom. The van der Waals surface area contributed by atoms with Gasteiger partial charge in [0.15, 0.2) is 0 Å². The average Bonchev–Trinajstić information content (AvgIpc) is 2.84. The lowest BCUT2D eigenvalue weighted by atomic mass is 10.1. The molecule has 100 valence electrons. The van der Waals surface area contributed by atoms with Crippen molar-refractivity contribution in [1.82, 2.24) is 0 Å². The molecule has 1 aliphatic heterocycles. The van der Waals surface area contributed by atoms with Crippen molar-refractivity contribution in [2.75, 3.05) is 13.2 Å². The molecule has 3 nitrogen and oxygen atoms in total. The predicted octanol–water partition coefficient (Wildman–Crippen LogP) is 2.96. The number of benzene rings is 1. The third-order valence-electron chi connectivity index (χ3n) is 3.45. The van der Waals surface area contributed by atoms with Crippen LogP contribution in [0.5, 0.6) is 5.75 Å². The van der Waals surface area contributed by atoms with E-state index in [0.29, 0.717) is 6.10 Å². The maximum atomic E-state index is 5.86. The summed E-state index contributed by atoms with van der Waals surface area (Å²) in [7, 11) is 0. The van der Waals surface area contributed by atoms with Crippen LogP contribution in [0.25, 0.3) is 0 Å². The second-order valence-corrected chi connectivity index (χ2v) is 5.09. The molecule has 2 unspecified atom stereocenters. The van der Waals surface area contributed by atoms with E-state index in [0.717, 1.165) is 36.5 Å². The summed E-state index contributed by atoms with van der Waals surface area (Å²) in [4.78, 5) is 0. The van der Waals surface area contributed by atoms with Crippen molar-refractivity contribution in [2.24, 2.45) is 5.73 Å². The molecule has 0 bridgehead atoms. The molecular weight excluding hydrogens is 226 g/mol. The molecule has 1 heterocycles. The summed E-state index contributed by atoms with van der Waals surface area (Å²) >= 11 is 0. The molecule has 0 spiro atoms. The molecule has 2 atom stereocenters. The Morgan fingerprint density at radius 3 is 2.94 bits per heavy atom. The number of aryl methyl sites for hydroxylation is 1. The summed E-state index contributed by atoms with van der Waals surface area (Å²) < 4.78 is 11.4. The highest BCUT2D eigenvalue weighted by atomic mass is 16.5. The van der Waals surface area contributed by atoms with Crippen LogP contribution in [0, 0.1) is 6.92 Å². The van der Waals surface area contributed by atoms with Gasteiger partial charge in [0.05, 0.1) is 12.7 Å². The summed E-state index contributed by atoms with van der Waals surface area (Å²) in [5.74, 6) is 0.956. The molecule has 0 saturated carbocycles. The summed E-state index contributed by atoms with van der Waals surface area (Å²) in [5, 5.41) is 0. The third-order valence-corrected chi connectivity index (χ3v) is 3.45. The molecule has 1 saturated heterocycles. The minimum atomic E-state index is 0.0737. The van der Waals surface area contributed by atoms with Crippen LogP contribution in [0.2, 0.25) is 0 Å². The molecule has 3 heteroatoms. The zero-order chi connectivity index (χ0) is 13.0. The Morgan fingerprint density at radius 1 is 1.50 bits per heavy atom. The van der Waals surface area contributed by atoms with Gasteiger partial charge in [0.2, 0.25) is 0 Å².